The molecular formula is C10H15N3. The second kappa shape index (κ2) is 4.03. The van der Waals surface area contributed by atoms with E-state index in [9.17, 15) is 0 Å². The second-order valence-electron chi connectivity index (χ2n) is 3.13. The molecule has 0 aliphatic rings. The van der Waals surface area contributed by atoms with Gasteiger partial charge in [0.15, 0.2) is 0 Å². The molecule has 0 fully saturated rings. The lowest BCUT2D eigenvalue weighted by Gasteiger charge is -2.15. The van der Waals surface area contributed by atoms with Crippen LogP contribution in [0.2, 0.25) is 0 Å². The number of aromatic nitrogens is 1. The highest BCUT2D eigenvalue weighted by molar-refractivity contribution is 5.97. The molecule has 1 aromatic rings. The average Bonchev–Trinajstić information content (AvgIpc) is 2.16. The van der Waals surface area contributed by atoms with Crippen LogP contribution in [-0.4, -0.2) is 29.8 Å². The Hall–Kier alpha value is -1.38. The van der Waals surface area contributed by atoms with Gasteiger partial charge in [-0.25, -0.2) is 0 Å². The van der Waals surface area contributed by atoms with E-state index < -0.39 is 0 Å². The van der Waals surface area contributed by atoms with Crippen molar-refractivity contribution in [3.8, 4) is 0 Å². The van der Waals surface area contributed by atoms with Crippen molar-refractivity contribution >= 4 is 5.84 Å². The summed E-state index contributed by atoms with van der Waals surface area (Å²) in [5.41, 5.74) is 2.10. The molecule has 1 rings (SSSR count). The summed E-state index contributed by atoms with van der Waals surface area (Å²) < 4.78 is 0. The van der Waals surface area contributed by atoms with Crippen LogP contribution in [0.1, 0.15) is 18.1 Å². The lowest BCUT2D eigenvalue weighted by Crippen LogP contribution is -2.23. The second-order valence-corrected chi connectivity index (χ2v) is 3.13. The van der Waals surface area contributed by atoms with E-state index in [1.54, 1.807) is 11.1 Å². The molecule has 0 amide bonds. The third-order valence-electron chi connectivity index (χ3n) is 1.99. The van der Waals surface area contributed by atoms with Crippen molar-refractivity contribution in [3.05, 3.63) is 29.6 Å². The number of hydrogen-bond donors (Lipinski definition) is 1. The summed E-state index contributed by atoms with van der Waals surface area (Å²) in [6.45, 7) is 2.07. The Kier molecular flexibility index (Phi) is 3.01. The fourth-order valence-corrected chi connectivity index (χ4v) is 1.18. The molecule has 0 atom stereocenters. The maximum absolute atomic E-state index is 7.83. The van der Waals surface area contributed by atoms with Crippen molar-refractivity contribution in [3.63, 3.8) is 0 Å². The van der Waals surface area contributed by atoms with E-state index >= 15 is 0 Å². The number of nitrogens with zero attached hydrogens (tertiary/aromatic N) is 2. The van der Waals surface area contributed by atoms with Gasteiger partial charge in [-0.2, -0.15) is 0 Å². The average molecular weight is 177 g/mol. The molecule has 0 aromatic carbocycles. The zero-order valence-corrected chi connectivity index (χ0v) is 8.33. The maximum atomic E-state index is 7.83. The topological polar surface area (TPSA) is 40.0 Å². The Morgan fingerprint density at radius 3 is 2.77 bits per heavy atom. The highest BCUT2D eigenvalue weighted by Crippen LogP contribution is 2.09. The fraction of sp³-hybridized carbons (Fsp3) is 0.400. The van der Waals surface area contributed by atoms with E-state index in [2.05, 4.69) is 11.9 Å². The summed E-state index contributed by atoms with van der Waals surface area (Å²) in [6.07, 6.45) is 4.47. The Morgan fingerprint density at radius 2 is 2.23 bits per heavy atom. The molecule has 0 saturated carbocycles. The van der Waals surface area contributed by atoms with E-state index in [0.29, 0.717) is 5.84 Å². The van der Waals surface area contributed by atoms with Gasteiger partial charge in [-0.15, -0.1) is 0 Å². The first kappa shape index (κ1) is 9.71. The molecule has 0 aliphatic carbocycles. The maximum Gasteiger partial charge on any atom is 0.127 e. The highest BCUT2D eigenvalue weighted by atomic mass is 15.1. The minimum atomic E-state index is 0.541. The van der Waals surface area contributed by atoms with Crippen LogP contribution in [0.5, 0.6) is 0 Å². The predicted molar refractivity (Wildman–Crippen MR) is 54.1 cm³/mol. The first-order valence-corrected chi connectivity index (χ1v) is 4.36. The number of aryl methyl sites for hydroxylation is 1. The van der Waals surface area contributed by atoms with Crippen LogP contribution < -0.4 is 0 Å². The summed E-state index contributed by atoms with van der Waals surface area (Å²) in [7, 11) is 3.75. The molecule has 0 aliphatic heterocycles. The summed E-state index contributed by atoms with van der Waals surface area (Å²) in [4.78, 5) is 5.84. The lowest BCUT2D eigenvalue weighted by molar-refractivity contribution is 0.618. The molecule has 0 unspecified atom stereocenters. The van der Waals surface area contributed by atoms with Crippen molar-refractivity contribution in [2.75, 3.05) is 14.1 Å². The largest absolute Gasteiger partial charge is 0.363 e. The summed E-state index contributed by atoms with van der Waals surface area (Å²) in [5, 5.41) is 7.83. The third-order valence-corrected chi connectivity index (χ3v) is 1.99. The number of rotatable bonds is 2. The van der Waals surface area contributed by atoms with Crippen LogP contribution >= 0.6 is 0 Å². The number of amidine groups is 1. The van der Waals surface area contributed by atoms with Crippen LogP contribution in [0.3, 0.4) is 0 Å². The van der Waals surface area contributed by atoms with Gasteiger partial charge in [0.05, 0.1) is 0 Å². The first-order valence-electron chi connectivity index (χ1n) is 4.36. The lowest BCUT2D eigenvalue weighted by atomic mass is 10.1. The summed E-state index contributed by atoms with van der Waals surface area (Å²) in [5.74, 6) is 0.541. The summed E-state index contributed by atoms with van der Waals surface area (Å²) >= 11 is 0. The predicted octanol–water partition coefficient (Wildman–Crippen LogP) is 1.53. The van der Waals surface area contributed by atoms with Crippen molar-refractivity contribution in [1.82, 2.24) is 9.88 Å². The summed E-state index contributed by atoms with van der Waals surface area (Å²) in [6, 6.07) is 1.89. The number of hydrogen-bond acceptors (Lipinski definition) is 2. The van der Waals surface area contributed by atoms with Crippen molar-refractivity contribution in [1.29, 1.82) is 5.41 Å². The van der Waals surface area contributed by atoms with Gasteiger partial charge in [0.25, 0.3) is 0 Å². The van der Waals surface area contributed by atoms with E-state index in [4.69, 9.17) is 5.41 Å². The van der Waals surface area contributed by atoms with Gasteiger partial charge >= 0.3 is 0 Å². The Bertz CT molecular complexity index is 305. The quantitative estimate of drug-likeness (QED) is 0.549. The molecule has 3 nitrogen and oxygen atoms in total. The van der Waals surface area contributed by atoms with Gasteiger partial charge in [-0.05, 0) is 18.1 Å². The Labute approximate surface area is 78.9 Å². The molecule has 3 heteroatoms. The van der Waals surface area contributed by atoms with Crippen LogP contribution in [-0.2, 0) is 6.42 Å². The van der Waals surface area contributed by atoms with E-state index in [0.717, 1.165) is 17.5 Å². The molecule has 1 N–H and O–H groups in total. The van der Waals surface area contributed by atoms with E-state index in [-0.39, 0.29) is 0 Å². The third kappa shape index (κ3) is 2.05. The van der Waals surface area contributed by atoms with Gasteiger partial charge in [0, 0.05) is 32.1 Å². The van der Waals surface area contributed by atoms with E-state index in [1.165, 1.54) is 0 Å². The molecule has 0 bridgehead atoms. The van der Waals surface area contributed by atoms with Crippen LogP contribution in [0.15, 0.2) is 18.5 Å². The molecule has 1 heterocycles. The standard InChI is InChI=1S/C10H15N3/c1-4-8-7-12-6-5-9(8)10(11)13(2)3/h5-7,11H,4H2,1-3H3. The van der Waals surface area contributed by atoms with Gasteiger partial charge < -0.3 is 4.90 Å². The van der Waals surface area contributed by atoms with Crippen molar-refractivity contribution in [2.24, 2.45) is 0 Å². The first-order chi connectivity index (χ1) is 6.16. The highest BCUT2D eigenvalue weighted by Gasteiger charge is 2.07. The van der Waals surface area contributed by atoms with E-state index in [1.807, 2.05) is 26.4 Å². The number of nitrogens with one attached hydrogen (secondary N) is 1. The number of pyridine rings is 1. The monoisotopic (exact) mass is 177 g/mol. The van der Waals surface area contributed by atoms with Crippen LogP contribution in [0.25, 0.3) is 0 Å². The normalized spacial score (nSPS) is 9.77. The fourth-order valence-electron chi connectivity index (χ4n) is 1.18. The molecule has 70 valence electrons. The van der Waals surface area contributed by atoms with Crippen LogP contribution in [0, 0.1) is 5.41 Å². The molecular weight excluding hydrogens is 162 g/mol. The van der Waals surface area contributed by atoms with Gasteiger partial charge in [0.2, 0.25) is 0 Å². The minimum absolute atomic E-state index is 0.541. The Morgan fingerprint density at radius 1 is 1.54 bits per heavy atom. The minimum Gasteiger partial charge on any atom is -0.363 e. The van der Waals surface area contributed by atoms with Crippen LogP contribution in [0.4, 0.5) is 0 Å². The zero-order valence-electron chi connectivity index (χ0n) is 8.33. The molecule has 0 spiro atoms. The van der Waals surface area contributed by atoms with Gasteiger partial charge in [-0.1, -0.05) is 6.92 Å². The SMILES string of the molecule is CCc1cnccc1C(=N)N(C)C. The Balaban J connectivity index is 3.06. The molecule has 13 heavy (non-hydrogen) atoms. The van der Waals surface area contributed by atoms with Crippen molar-refractivity contribution in [2.45, 2.75) is 13.3 Å². The zero-order chi connectivity index (χ0) is 9.84. The molecule has 0 saturated heterocycles. The molecule has 1 aromatic heterocycles. The van der Waals surface area contributed by atoms with Gasteiger partial charge in [-0.3, -0.25) is 10.4 Å². The molecule has 0 radical (unpaired) electrons. The van der Waals surface area contributed by atoms with Gasteiger partial charge in [0.1, 0.15) is 5.84 Å². The smallest absolute Gasteiger partial charge is 0.127 e. The van der Waals surface area contributed by atoms with Crippen molar-refractivity contribution < 1.29 is 0 Å².